The van der Waals surface area contributed by atoms with Crippen molar-refractivity contribution in [2.24, 2.45) is 0 Å². The van der Waals surface area contributed by atoms with E-state index in [1.165, 1.54) is 32.5 Å². The van der Waals surface area contributed by atoms with Crippen molar-refractivity contribution in [1.29, 1.82) is 0 Å². The number of aromatic nitrogens is 2. The highest BCUT2D eigenvalue weighted by Gasteiger charge is 2.27. The van der Waals surface area contributed by atoms with E-state index >= 15 is 0 Å². The van der Waals surface area contributed by atoms with E-state index in [-0.39, 0.29) is 11.3 Å². The van der Waals surface area contributed by atoms with Gasteiger partial charge in [0.25, 0.3) is 0 Å². The van der Waals surface area contributed by atoms with E-state index in [2.05, 4.69) is 9.97 Å². The molecule has 0 aliphatic carbocycles. The molecule has 0 saturated heterocycles. The first-order valence-corrected chi connectivity index (χ1v) is 8.62. The van der Waals surface area contributed by atoms with Crippen molar-refractivity contribution in [1.82, 2.24) is 9.97 Å². The van der Waals surface area contributed by atoms with E-state index in [1.54, 1.807) is 19.4 Å². The monoisotopic (exact) mass is 394 g/mol. The summed E-state index contributed by atoms with van der Waals surface area (Å²) < 4.78 is 36.6. The maximum absolute atomic E-state index is 14.8. The fraction of sp³-hybridized carbons (Fsp3) is 0.316. The lowest BCUT2D eigenvalue weighted by atomic mass is 9.99. The average Bonchev–Trinajstić information content (AvgIpc) is 3.07. The number of H-pyrrole nitrogens is 1. The van der Waals surface area contributed by atoms with Gasteiger partial charge >= 0.3 is 0 Å². The molecular weight excluding hydrogens is 375 g/mol. The van der Waals surface area contributed by atoms with Crippen LogP contribution >= 0.6 is 11.6 Å². The van der Waals surface area contributed by atoms with Crippen molar-refractivity contribution in [3.63, 3.8) is 0 Å². The Morgan fingerprint density at radius 2 is 2.04 bits per heavy atom. The summed E-state index contributed by atoms with van der Waals surface area (Å²) in [6.45, 7) is 0.707. The second-order valence-corrected chi connectivity index (χ2v) is 6.18. The Hall–Kier alpha value is -2.35. The minimum atomic E-state index is -0.750. The summed E-state index contributed by atoms with van der Waals surface area (Å²) in [5, 5.41) is 1.21. The highest BCUT2D eigenvalue weighted by molar-refractivity contribution is 6.31. The fourth-order valence-electron chi connectivity index (χ4n) is 2.97. The van der Waals surface area contributed by atoms with Crippen LogP contribution in [0.1, 0.15) is 17.2 Å². The lowest BCUT2D eigenvalue weighted by Crippen LogP contribution is -2.11. The quantitative estimate of drug-likeness (QED) is 0.582. The molecule has 3 aromatic rings. The molecule has 0 bridgehead atoms. The molecule has 2 aromatic heterocycles. The summed E-state index contributed by atoms with van der Waals surface area (Å²) in [7, 11) is 4.54. The molecule has 2 heterocycles. The number of halogens is 2. The van der Waals surface area contributed by atoms with Crippen LogP contribution < -0.4 is 9.47 Å². The highest BCUT2D eigenvalue weighted by Crippen LogP contribution is 2.42. The summed E-state index contributed by atoms with van der Waals surface area (Å²) in [4.78, 5) is 7.29. The molecule has 0 fully saturated rings. The number of aromatic amines is 1. The maximum atomic E-state index is 14.8. The Labute approximate surface area is 161 Å². The molecule has 0 radical (unpaired) electrons. The minimum absolute atomic E-state index is 0.232. The molecule has 3 rings (SSSR count). The maximum Gasteiger partial charge on any atom is 0.169 e. The van der Waals surface area contributed by atoms with Crippen molar-refractivity contribution in [2.45, 2.75) is 6.10 Å². The zero-order valence-electron chi connectivity index (χ0n) is 15.2. The van der Waals surface area contributed by atoms with E-state index < -0.39 is 11.9 Å². The Balaban J connectivity index is 2.11. The summed E-state index contributed by atoms with van der Waals surface area (Å²) >= 11 is 6.08. The van der Waals surface area contributed by atoms with Crippen LogP contribution in [0.5, 0.6) is 11.5 Å². The fourth-order valence-corrected chi connectivity index (χ4v) is 3.13. The SMILES string of the molecule is COCCOc1ccc(F)c(C(OC)c2c[nH]c3ncc(Cl)cc23)c1OC. The van der Waals surface area contributed by atoms with Crippen LogP contribution in [-0.2, 0) is 9.47 Å². The van der Waals surface area contributed by atoms with Crippen molar-refractivity contribution >= 4 is 22.6 Å². The van der Waals surface area contributed by atoms with Crippen LogP contribution in [-0.4, -0.2) is 44.5 Å². The number of benzene rings is 1. The van der Waals surface area contributed by atoms with Gasteiger partial charge in [-0.2, -0.15) is 0 Å². The number of ether oxygens (including phenoxy) is 4. The van der Waals surface area contributed by atoms with Gasteiger partial charge in [0.1, 0.15) is 24.2 Å². The minimum Gasteiger partial charge on any atom is -0.492 e. The zero-order valence-corrected chi connectivity index (χ0v) is 16.0. The van der Waals surface area contributed by atoms with Crippen molar-refractivity contribution in [3.05, 3.63) is 52.6 Å². The second kappa shape index (κ2) is 8.56. The first-order valence-electron chi connectivity index (χ1n) is 8.24. The lowest BCUT2D eigenvalue weighted by Gasteiger charge is -2.21. The molecule has 27 heavy (non-hydrogen) atoms. The number of nitrogens with one attached hydrogen (secondary N) is 1. The highest BCUT2D eigenvalue weighted by atomic mass is 35.5. The summed E-state index contributed by atoms with van der Waals surface area (Å²) in [6.07, 6.45) is 2.51. The molecule has 1 aromatic carbocycles. The van der Waals surface area contributed by atoms with Gasteiger partial charge in [-0.3, -0.25) is 0 Å². The van der Waals surface area contributed by atoms with Gasteiger partial charge in [0.05, 0.1) is 24.3 Å². The first-order chi connectivity index (χ1) is 13.1. The normalized spacial score (nSPS) is 12.3. The molecule has 0 aliphatic rings. The number of nitrogens with zero attached hydrogens (tertiary/aromatic N) is 1. The molecule has 6 nitrogen and oxygen atoms in total. The molecule has 0 spiro atoms. The smallest absolute Gasteiger partial charge is 0.169 e. The van der Waals surface area contributed by atoms with Crippen molar-refractivity contribution in [2.75, 3.05) is 34.5 Å². The van der Waals surface area contributed by atoms with Crippen LogP contribution in [0.25, 0.3) is 11.0 Å². The molecule has 1 atom stereocenters. The summed E-state index contributed by atoms with van der Waals surface area (Å²) in [5.41, 5.74) is 1.55. The number of fused-ring (bicyclic) bond motifs is 1. The largest absolute Gasteiger partial charge is 0.492 e. The van der Waals surface area contributed by atoms with E-state index in [9.17, 15) is 4.39 Å². The predicted octanol–water partition coefficient (Wildman–Crippen LogP) is 4.13. The van der Waals surface area contributed by atoms with Crippen molar-refractivity contribution in [3.8, 4) is 11.5 Å². The van der Waals surface area contributed by atoms with Crippen molar-refractivity contribution < 1.29 is 23.3 Å². The molecule has 144 valence electrons. The lowest BCUT2D eigenvalue weighted by molar-refractivity contribution is 0.127. The third-order valence-electron chi connectivity index (χ3n) is 4.17. The number of methoxy groups -OCH3 is 3. The van der Waals surface area contributed by atoms with Gasteiger partial charge in [0.2, 0.25) is 0 Å². The topological polar surface area (TPSA) is 65.6 Å². The van der Waals surface area contributed by atoms with Gasteiger partial charge in [-0.15, -0.1) is 0 Å². The molecule has 1 N–H and O–H groups in total. The Bertz CT molecular complexity index is 931. The summed E-state index contributed by atoms with van der Waals surface area (Å²) in [6, 6.07) is 4.60. The molecular formula is C19H20ClFN2O4. The van der Waals surface area contributed by atoms with E-state index in [0.29, 0.717) is 35.2 Å². The Morgan fingerprint density at radius 1 is 1.22 bits per heavy atom. The average molecular weight is 395 g/mol. The molecule has 8 heteroatoms. The second-order valence-electron chi connectivity index (χ2n) is 5.74. The van der Waals surface area contributed by atoms with Gasteiger partial charge in [0.15, 0.2) is 11.5 Å². The molecule has 0 saturated carbocycles. The van der Waals surface area contributed by atoms with Gasteiger partial charge in [-0.05, 0) is 18.2 Å². The molecule has 0 amide bonds. The third kappa shape index (κ3) is 3.85. The van der Waals surface area contributed by atoms with E-state index in [1.807, 2.05) is 0 Å². The van der Waals surface area contributed by atoms with Crippen LogP contribution in [0.2, 0.25) is 5.02 Å². The Morgan fingerprint density at radius 3 is 2.74 bits per heavy atom. The predicted molar refractivity (Wildman–Crippen MR) is 100 cm³/mol. The summed E-state index contributed by atoms with van der Waals surface area (Å²) in [5.74, 6) is 0.202. The standard InChI is InChI=1S/C19H20ClFN2O4/c1-24-6-7-27-15-5-4-14(21)16(18(15)26-3)17(25-2)13-10-23-19-12(13)8-11(20)9-22-19/h4-5,8-10,17H,6-7H2,1-3H3,(H,22,23). The van der Waals surface area contributed by atoms with Crippen LogP contribution in [0.15, 0.2) is 30.6 Å². The molecule has 0 aliphatic heterocycles. The van der Waals surface area contributed by atoms with Crippen LogP contribution in [0.4, 0.5) is 4.39 Å². The van der Waals surface area contributed by atoms with Gasteiger partial charge in [-0.25, -0.2) is 9.37 Å². The van der Waals surface area contributed by atoms with E-state index in [0.717, 1.165) is 5.39 Å². The molecule has 1 unspecified atom stereocenters. The van der Waals surface area contributed by atoms with E-state index in [4.69, 9.17) is 30.5 Å². The number of pyridine rings is 1. The Kier molecular flexibility index (Phi) is 6.15. The third-order valence-corrected chi connectivity index (χ3v) is 4.37. The number of hydrogen-bond donors (Lipinski definition) is 1. The number of rotatable bonds is 8. The zero-order chi connectivity index (χ0) is 19.4. The van der Waals surface area contributed by atoms with Crippen LogP contribution in [0, 0.1) is 5.82 Å². The van der Waals surface area contributed by atoms with Gasteiger partial charge < -0.3 is 23.9 Å². The van der Waals surface area contributed by atoms with Gasteiger partial charge in [-0.1, -0.05) is 11.6 Å². The van der Waals surface area contributed by atoms with Gasteiger partial charge in [0, 0.05) is 37.6 Å². The first kappa shape index (κ1) is 19.4. The number of hydrogen-bond acceptors (Lipinski definition) is 5. The van der Waals surface area contributed by atoms with Crippen LogP contribution in [0.3, 0.4) is 0 Å².